The van der Waals surface area contributed by atoms with Crippen molar-refractivity contribution < 1.29 is 28.6 Å². The van der Waals surface area contributed by atoms with Crippen LogP contribution in [0.25, 0.3) is 0 Å². The maximum Gasteiger partial charge on any atom is 0.339 e. The Balaban J connectivity index is 2.76. The van der Waals surface area contributed by atoms with Gasteiger partial charge in [-0.2, -0.15) is 0 Å². The van der Waals surface area contributed by atoms with Gasteiger partial charge in [0, 0.05) is 7.05 Å². The van der Waals surface area contributed by atoms with E-state index in [1.54, 1.807) is 6.07 Å². The second-order valence-electron chi connectivity index (χ2n) is 4.19. The number of ether oxygens (including phenoxy) is 3. The maximum atomic E-state index is 12.0. The summed E-state index contributed by atoms with van der Waals surface area (Å²) < 4.78 is 15.1. The Labute approximate surface area is 127 Å². The van der Waals surface area contributed by atoms with E-state index in [2.05, 4.69) is 5.32 Å². The predicted octanol–water partition coefficient (Wildman–Crippen LogP) is 0.705. The Morgan fingerprint density at radius 2 is 1.73 bits per heavy atom. The summed E-state index contributed by atoms with van der Waals surface area (Å²) in [5.74, 6) is -0.627. The molecule has 0 aliphatic rings. The molecule has 0 unspecified atom stereocenters. The number of carbonyl (C=O) groups excluding carboxylic acids is 3. The quantitative estimate of drug-likeness (QED) is 0.776. The van der Waals surface area contributed by atoms with Crippen molar-refractivity contribution in [1.29, 1.82) is 0 Å². The van der Waals surface area contributed by atoms with Gasteiger partial charge in [0.25, 0.3) is 5.91 Å². The van der Waals surface area contributed by atoms with Gasteiger partial charge in [0.1, 0.15) is 0 Å². The smallest absolute Gasteiger partial charge is 0.339 e. The van der Waals surface area contributed by atoms with Crippen molar-refractivity contribution in [2.45, 2.75) is 13.0 Å². The average Bonchev–Trinajstić information content (AvgIpc) is 2.53. The number of carbonyl (C=O) groups is 3. The van der Waals surface area contributed by atoms with Crippen LogP contribution in [0.3, 0.4) is 0 Å². The normalized spacial score (nSPS) is 11.1. The fraction of sp³-hybridized carbons (Fsp3) is 0.357. The molecule has 0 fully saturated rings. The summed E-state index contributed by atoms with van der Waals surface area (Å²) in [5, 5.41) is 4.24. The van der Waals surface area contributed by atoms with Crippen LogP contribution in [0.4, 0.5) is 4.79 Å². The van der Waals surface area contributed by atoms with E-state index in [0.717, 1.165) is 0 Å². The van der Waals surface area contributed by atoms with Crippen molar-refractivity contribution in [2.24, 2.45) is 0 Å². The van der Waals surface area contributed by atoms with Crippen molar-refractivity contribution in [2.75, 3.05) is 21.3 Å². The molecule has 3 amide bonds. The molecule has 0 spiro atoms. The fourth-order valence-electron chi connectivity index (χ4n) is 1.52. The molecular weight excluding hydrogens is 292 g/mol. The molecule has 1 atom stereocenters. The van der Waals surface area contributed by atoms with E-state index in [1.807, 2.05) is 5.32 Å². The van der Waals surface area contributed by atoms with Crippen LogP contribution in [0, 0.1) is 0 Å². The van der Waals surface area contributed by atoms with Crippen LogP contribution in [0.5, 0.6) is 11.5 Å². The first-order chi connectivity index (χ1) is 10.4. The Hall–Kier alpha value is -2.77. The molecule has 0 aliphatic carbocycles. The monoisotopic (exact) mass is 310 g/mol. The minimum Gasteiger partial charge on any atom is -0.493 e. The first-order valence-corrected chi connectivity index (χ1v) is 6.38. The molecule has 8 nitrogen and oxygen atoms in total. The fourth-order valence-corrected chi connectivity index (χ4v) is 1.52. The molecule has 0 bridgehead atoms. The highest BCUT2D eigenvalue weighted by atomic mass is 16.5. The molecule has 0 saturated heterocycles. The molecule has 0 saturated carbocycles. The van der Waals surface area contributed by atoms with E-state index >= 15 is 0 Å². The van der Waals surface area contributed by atoms with Crippen molar-refractivity contribution >= 4 is 17.9 Å². The average molecular weight is 310 g/mol. The predicted molar refractivity (Wildman–Crippen MR) is 77.0 cm³/mol. The zero-order chi connectivity index (χ0) is 16.7. The van der Waals surface area contributed by atoms with Gasteiger partial charge in [-0.25, -0.2) is 9.59 Å². The molecule has 0 aliphatic heterocycles. The number of rotatable bonds is 5. The minimum atomic E-state index is -1.13. The molecule has 120 valence electrons. The van der Waals surface area contributed by atoms with Crippen molar-refractivity contribution in [1.82, 2.24) is 10.6 Å². The highest BCUT2D eigenvalue weighted by molar-refractivity contribution is 5.98. The summed E-state index contributed by atoms with van der Waals surface area (Å²) in [4.78, 5) is 34.6. The Kier molecular flexibility index (Phi) is 6.18. The molecule has 1 aromatic rings. The third-order valence-electron chi connectivity index (χ3n) is 2.74. The summed E-state index contributed by atoms with van der Waals surface area (Å²) in [7, 11) is 4.27. The molecule has 8 heteroatoms. The van der Waals surface area contributed by atoms with Gasteiger partial charge < -0.3 is 19.5 Å². The topological polar surface area (TPSA) is 103 Å². The van der Waals surface area contributed by atoms with Crippen molar-refractivity contribution in [3.63, 3.8) is 0 Å². The van der Waals surface area contributed by atoms with Gasteiger partial charge in [0.15, 0.2) is 17.6 Å². The SMILES string of the molecule is CNC(=O)NC(=O)[C@@H](C)OC(=O)c1ccc(OC)c(OC)c1. The van der Waals surface area contributed by atoms with Gasteiger partial charge >= 0.3 is 12.0 Å². The third-order valence-corrected chi connectivity index (χ3v) is 2.74. The molecule has 0 radical (unpaired) electrons. The number of esters is 1. The van der Waals surface area contributed by atoms with Crippen LogP contribution < -0.4 is 20.1 Å². The van der Waals surface area contributed by atoms with Crippen LogP contribution in [0.2, 0.25) is 0 Å². The lowest BCUT2D eigenvalue weighted by atomic mass is 10.2. The molecule has 0 aromatic heterocycles. The highest BCUT2D eigenvalue weighted by Gasteiger charge is 2.21. The van der Waals surface area contributed by atoms with Gasteiger partial charge in [0.2, 0.25) is 0 Å². The highest BCUT2D eigenvalue weighted by Crippen LogP contribution is 2.27. The van der Waals surface area contributed by atoms with Crippen LogP contribution >= 0.6 is 0 Å². The molecule has 1 rings (SSSR count). The summed E-state index contributed by atoms with van der Waals surface area (Å²) in [5.41, 5.74) is 0.192. The van der Waals surface area contributed by atoms with Crippen LogP contribution in [-0.4, -0.2) is 45.3 Å². The van der Waals surface area contributed by atoms with Crippen LogP contribution in [0.1, 0.15) is 17.3 Å². The first kappa shape index (κ1) is 17.3. The van der Waals surface area contributed by atoms with E-state index < -0.39 is 24.0 Å². The maximum absolute atomic E-state index is 12.0. The number of nitrogens with one attached hydrogen (secondary N) is 2. The number of hydrogen-bond acceptors (Lipinski definition) is 6. The van der Waals surface area contributed by atoms with Crippen molar-refractivity contribution in [3.05, 3.63) is 23.8 Å². The van der Waals surface area contributed by atoms with Crippen LogP contribution in [0.15, 0.2) is 18.2 Å². The lowest BCUT2D eigenvalue weighted by Crippen LogP contribution is -2.43. The lowest BCUT2D eigenvalue weighted by Gasteiger charge is -2.13. The van der Waals surface area contributed by atoms with E-state index in [0.29, 0.717) is 11.5 Å². The Morgan fingerprint density at radius 3 is 2.27 bits per heavy atom. The molecule has 22 heavy (non-hydrogen) atoms. The number of benzene rings is 1. The van der Waals surface area contributed by atoms with E-state index in [1.165, 1.54) is 40.3 Å². The molecule has 1 aromatic carbocycles. The zero-order valence-corrected chi connectivity index (χ0v) is 12.8. The summed E-state index contributed by atoms with van der Waals surface area (Å²) >= 11 is 0. The number of methoxy groups -OCH3 is 2. The third kappa shape index (κ3) is 4.37. The van der Waals surface area contributed by atoms with E-state index in [4.69, 9.17) is 14.2 Å². The minimum absolute atomic E-state index is 0.192. The number of imide groups is 1. The zero-order valence-electron chi connectivity index (χ0n) is 12.8. The van der Waals surface area contributed by atoms with Gasteiger partial charge in [-0.05, 0) is 25.1 Å². The van der Waals surface area contributed by atoms with Crippen molar-refractivity contribution in [3.8, 4) is 11.5 Å². The lowest BCUT2D eigenvalue weighted by molar-refractivity contribution is -0.127. The standard InChI is InChI=1S/C14H18N2O6/c1-8(12(17)16-14(19)15-2)22-13(18)9-5-6-10(20-3)11(7-9)21-4/h5-8H,1-4H3,(H2,15,16,17,19)/t8-/m1/s1. The van der Waals surface area contributed by atoms with Gasteiger partial charge in [-0.3, -0.25) is 10.1 Å². The Bertz CT molecular complexity index is 572. The van der Waals surface area contributed by atoms with Gasteiger partial charge in [-0.1, -0.05) is 0 Å². The number of urea groups is 1. The summed E-state index contributed by atoms with van der Waals surface area (Å²) in [6.07, 6.45) is -1.13. The largest absolute Gasteiger partial charge is 0.493 e. The van der Waals surface area contributed by atoms with E-state index in [9.17, 15) is 14.4 Å². The number of hydrogen-bond donors (Lipinski definition) is 2. The molecular formula is C14H18N2O6. The van der Waals surface area contributed by atoms with Gasteiger partial charge in [-0.15, -0.1) is 0 Å². The molecule has 0 heterocycles. The Morgan fingerprint density at radius 1 is 1.09 bits per heavy atom. The second-order valence-corrected chi connectivity index (χ2v) is 4.19. The van der Waals surface area contributed by atoms with Crippen LogP contribution in [-0.2, 0) is 9.53 Å². The number of amides is 3. The van der Waals surface area contributed by atoms with E-state index in [-0.39, 0.29) is 5.56 Å². The second kappa shape index (κ2) is 7.87. The molecule has 2 N–H and O–H groups in total. The summed E-state index contributed by atoms with van der Waals surface area (Å²) in [6.45, 7) is 1.36. The first-order valence-electron chi connectivity index (χ1n) is 6.38. The van der Waals surface area contributed by atoms with Gasteiger partial charge in [0.05, 0.1) is 19.8 Å². The summed E-state index contributed by atoms with van der Waals surface area (Å²) in [6, 6.07) is 3.78.